The molecular formula is C16H14BrClN2. The molecule has 0 bridgehead atoms. The predicted molar refractivity (Wildman–Crippen MR) is 88.2 cm³/mol. The number of imidazole rings is 1. The van der Waals surface area contributed by atoms with Crippen LogP contribution in [0.1, 0.15) is 13.3 Å². The molecule has 0 aliphatic rings. The Morgan fingerprint density at radius 2 is 2.00 bits per heavy atom. The minimum Gasteiger partial charge on any atom is -0.324 e. The highest BCUT2D eigenvalue weighted by atomic mass is 79.9. The standard InChI is InChI=1S/C16H14BrClN2/c1-2-9-20-15-6-4-3-5-14(15)19-16(20)11-7-8-12(17)13(18)10-11/h3-8,10H,2,9H2,1H3. The lowest BCUT2D eigenvalue weighted by atomic mass is 10.2. The van der Waals surface area contributed by atoms with Gasteiger partial charge in [0.15, 0.2) is 0 Å². The number of benzene rings is 2. The van der Waals surface area contributed by atoms with E-state index in [-0.39, 0.29) is 0 Å². The van der Waals surface area contributed by atoms with Crippen molar-refractivity contribution in [2.75, 3.05) is 0 Å². The van der Waals surface area contributed by atoms with Gasteiger partial charge < -0.3 is 4.57 Å². The van der Waals surface area contributed by atoms with E-state index in [4.69, 9.17) is 16.6 Å². The molecule has 3 aromatic rings. The Morgan fingerprint density at radius 1 is 1.20 bits per heavy atom. The summed E-state index contributed by atoms with van der Waals surface area (Å²) in [6.45, 7) is 3.12. The first-order valence-electron chi connectivity index (χ1n) is 6.61. The van der Waals surface area contributed by atoms with E-state index in [0.717, 1.165) is 34.3 Å². The van der Waals surface area contributed by atoms with Gasteiger partial charge in [-0.25, -0.2) is 4.98 Å². The van der Waals surface area contributed by atoms with Crippen molar-refractivity contribution in [3.8, 4) is 11.4 Å². The number of para-hydroxylation sites is 2. The molecule has 1 heterocycles. The highest BCUT2D eigenvalue weighted by molar-refractivity contribution is 9.10. The van der Waals surface area contributed by atoms with Crippen molar-refractivity contribution in [1.29, 1.82) is 0 Å². The molecule has 0 saturated carbocycles. The number of rotatable bonds is 3. The van der Waals surface area contributed by atoms with Crippen molar-refractivity contribution in [3.63, 3.8) is 0 Å². The molecule has 1 aromatic heterocycles. The van der Waals surface area contributed by atoms with Crippen LogP contribution < -0.4 is 0 Å². The molecule has 102 valence electrons. The van der Waals surface area contributed by atoms with E-state index in [2.05, 4.69) is 39.6 Å². The third-order valence-corrected chi connectivity index (χ3v) is 4.51. The van der Waals surface area contributed by atoms with Crippen LogP contribution in [-0.4, -0.2) is 9.55 Å². The summed E-state index contributed by atoms with van der Waals surface area (Å²) in [6.07, 6.45) is 1.07. The van der Waals surface area contributed by atoms with Crippen molar-refractivity contribution in [3.05, 3.63) is 52.0 Å². The Labute approximate surface area is 131 Å². The summed E-state index contributed by atoms with van der Waals surface area (Å²) in [5, 5.41) is 0.706. The number of halogens is 2. The van der Waals surface area contributed by atoms with E-state index in [1.165, 1.54) is 5.52 Å². The van der Waals surface area contributed by atoms with Crippen LogP contribution in [-0.2, 0) is 6.54 Å². The molecule has 0 radical (unpaired) electrons. The quantitative estimate of drug-likeness (QED) is 0.608. The fraction of sp³-hybridized carbons (Fsp3) is 0.188. The number of nitrogens with zero attached hydrogens (tertiary/aromatic N) is 2. The van der Waals surface area contributed by atoms with Crippen LogP contribution in [0, 0.1) is 0 Å². The zero-order chi connectivity index (χ0) is 14.1. The summed E-state index contributed by atoms with van der Waals surface area (Å²) in [5.41, 5.74) is 3.24. The summed E-state index contributed by atoms with van der Waals surface area (Å²) in [6, 6.07) is 14.2. The maximum Gasteiger partial charge on any atom is 0.141 e. The number of fused-ring (bicyclic) bond motifs is 1. The van der Waals surface area contributed by atoms with Crippen molar-refractivity contribution in [2.45, 2.75) is 19.9 Å². The fourth-order valence-electron chi connectivity index (χ4n) is 2.38. The Bertz CT molecular complexity index is 764. The molecule has 0 aliphatic heterocycles. The summed E-state index contributed by atoms with van der Waals surface area (Å²) in [4.78, 5) is 4.76. The molecule has 0 aliphatic carbocycles. The Kier molecular flexibility index (Phi) is 3.81. The van der Waals surface area contributed by atoms with E-state index in [1.807, 2.05) is 30.3 Å². The minimum atomic E-state index is 0.706. The van der Waals surface area contributed by atoms with E-state index in [0.29, 0.717) is 5.02 Å². The number of aromatic nitrogens is 2. The van der Waals surface area contributed by atoms with Gasteiger partial charge in [0.2, 0.25) is 0 Å². The van der Waals surface area contributed by atoms with E-state index < -0.39 is 0 Å². The van der Waals surface area contributed by atoms with Gasteiger partial charge in [-0.3, -0.25) is 0 Å². The average Bonchev–Trinajstić information content (AvgIpc) is 2.82. The molecule has 0 atom stereocenters. The molecule has 2 nitrogen and oxygen atoms in total. The van der Waals surface area contributed by atoms with Crippen molar-refractivity contribution in [2.24, 2.45) is 0 Å². The molecular weight excluding hydrogens is 336 g/mol. The molecule has 20 heavy (non-hydrogen) atoms. The predicted octanol–water partition coefficient (Wildman–Crippen LogP) is 5.53. The Hall–Kier alpha value is -1.32. The lowest BCUT2D eigenvalue weighted by Crippen LogP contribution is -1.99. The van der Waals surface area contributed by atoms with Crippen molar-refractivity contribution >= 4 is 38.6 Å². The topological polar surface area (TPSA) is 17.8 Å². The first-order chi connectivity index (χ1) is 9.70. The summed E-state index contributed by atoms with van der Waals surface area (Å²) < 4.78 is 3.16. The first kappa shape index (κ1) is 13.7. The highest BCUT2D eigenvalue weighted by Gasteiger charge is 2.12. The summed E-state index contributed by atoms with van der Waals surface area (Å²) in [7, 11) is 0. The van der Waals surface area contributed by atoms with Crippen LogP contribution in [0.2, 0.25) is 5.02 Å². The van der Waals surface area contributed by atoms with Gasteiger partial charge in [0.05, 0.1) is 16.1 Å². The van der Waals surface area contributed by atoms with E-state index in [9.17, 15) is 0 Å². The zero-order valence-electron chi connectivity index (χ0n) is 11.1. The second-order valence-corrected chi connectivity index (χ2v) is 5.97. The maximum atomic E-state index is 6.21. The SMILES string of the molecule is CCCn1c(-c2ccc(Br)c(Cl)c2)nc2ccccc21. The zero-order valence-corrected chi connectivity index (χ0v) is 13.4. The van der Waals surface area contributed by atoms with Crippen LogP contribution >= 0.6 is 27.5 Å². The largest absolute Gasteiger partial charge is 0.324 e. The molecule has 3 rings (SSSR count). The summed E-state index contributed by atoms with van der Waals surface area (Å²) >= 11 is 9.63. The van der Waals surface area contributed by atoms with Crippen LogP contribution in [0.5, 0.6) is 0 Å². The summed E-state index contributed by atoms with van der Waals surface area (Å²) in [5.74, 6) is 0.974. The van der Waals surface area contributed by atoms with Crippen molar-refractivity contribution < 1.29 is 0 Å². The van der Waals surface area contributed by atoms with Gasteiger partial charge in [-0.2, -0.15) is 0 Å². The number of hydrogen-bond donors (Lipinski definition) is 0. The van der Waals surface area contributed by atoms with Crippen LogP contribution in [0.25, 0.3) is 22.4 Å². The van der Waals surface area contributed by atoms with Gasteiger partial charge in [-0.1, -0.05) is 36.7 Å². The molecule has 0 spiro atoms. The molecule has 0 unspecified atom stereocenters. The third kappa shape index (κ3) is 2.36. The van der Waals surface area contributed by atoms with Crippen LogP contribution in [0.4, 0.5) is 0 Å². The second kappa shape index (κ2) is 5.58. The Morgan fingerprint density at radius 3 is 2.75 bits per heavy atom. The van der Waals surface area contributed by atoms with Gasteiger partial charge in [-0.15, -0.1) is 0 Å². The minimum absolute atomic E-state index is 0.706. The molecule has 2 aromatic carbocycles. The van der Waals surface area contributed by atoms with Crippen LogP contribution in [0.3, 0.4) is 0 Å². The third-order valence-electron chi connectivity index (χ3n) is 3.28. The van der Waals surface area contributed by atoms with Crippen LogP contribution in [0.15, 0.2) is 46.9 Å². The lowest BCUT2D eigenvalue weighted by molar-refractivity contribution is 0.704. The molecule has 0 fully saturated rings. The smallest absolute Gasteiger partial charge is 0.141 e. The number of hydrogen-bond acceptors (Lipinski definition) is 1. The van der Waals surface area contributed by atoms with Crippen molar-refractivity contribution in [1.82, 2.24) is 9.55 Å². The van der Waals surface area contributed by atoms with E-state index in [1.54, 1.807) is 0 Å². The fourth-order valence-corrected chi connectivity index (χ4v) is 2.81. The van der Waals surface area contributed by atoms with Gasteiger partial charge in [0, 0.05) is 16.6 Å². The highest BCUT2D eigenvalue weighted by Crippen LogP contribution is 2.30. The number of aryl methyl sites for hydroxylation is 1. The maximum absolute atomic E-state index is 6.21. The van der Waals surface area contributed by atoms with E-state index >= 15 is 0 Å². The van der Waals surface area contributed by atoms with Gasteiger partial charge in [-0.05, 0) is 46.6 Å². The molecule has 0 N–H and O–H groups in total. The molecule has 4 heteroatoms. The first-order valence-corrected chi connectivity index (χ1v) is 7.78. The normalized spacial score (nSPS) is 11.2. The van der Waals surface area contributed by atoms with Gasteiger partial charge in [0.25, 0.3) is 0 Å². The second-order valence-electron chi connectivity index (χ2n) is 4.70. The molecule has 0 amide bonds. The monoisotopic (exact) mass is 348 g/mol. The lowest BCUT2D eigenvalue weighted by Gasteiger charge is -2.08. The average molecular weight is 350 g/mol. The molecule has 0 saturated heterocycles. The van der Waals surface area contributed by atoms with Gasteiger partial charge in [0.1, 0.15) is 5.82 Å². The van der Waals surface area contributed by atoms with Gasteiger partial charge >= 0.3 is 0 Å². The Balaban J connectivity index is 2.23.